The molecule has 1 aromatic carbocycles. The molecular formula is C17H26IN5. The molecule has 2 aromatic rings. The molecule has 6 heteroatoms. The lowest BCUT2D eigenvalue weighted by Crippen LogP contribution is -2.36. The lowest BCUT2D eigenvalue weighted by atomic mass is 10.1. The standard InChI is InChI=1S/C17H25N5.HI/c1-12-6-8-15(9-7-12)10-19-17(18-4)20-11-16-13(2)21-22(5)14(16)3;/h6-9H,10-11H2,1-5H3,(H2,18,19,20);1H. The molecule has 0 radical (unpaired) electrons. The molecule has 0 bridgehead atoms. The minimum atomic E-state index is 0. The van der Waals surface area contributed by atoms with Crippen molar-refractivity contribution in [1.82, 2.24) is 20.4 Å². The van der Waals surface area contributed by atoms with Crippen molar-refractivity contribution in [1.29, 1.82) is 0 Å². The van der Waals surface area contributed by atoms with Gasteiger partial charge in [-0.1, -0.05) is 29.8 Å². The Balaban J connectivity index is 0.00000264. The van der Waals surface area contributed by atoms with Crippen molar-refractivity contribution in [3.63, 3.8) is 0 Å². The van der Waals surface area contributed by atoms with Gasteiger partial charge in [0.2, 0.25) is 0 Å². The van der Waals surface area contributed by atoms with Crippen molar-refractivity contribution in [2.45, 2.75) is 33.9 Å². The van der Waals surface area contributed by atoms with E-state index in [-0.39, 0.29) is 24.0 Å². The van der Waals surface area contributed by atoms with Crippen LogP contribution < -0.4 is 10.6 Å². The minimum absolute atomic E-state index is 0. The molecule has 5 nitrogen and oxygen atoms in total. The molecule has 126 valence electrons. The van der Waals surface area contributed by atoms with Gasteiger partial charge in [0.05, 0.1) is 5.69 Å². The van der Waals surface area contributed by atoms with Gasteiger partial charge in [-0.3, -0.25) is 9.67 Å². The highest BCUT2D eigenvalue weighted by Gasteiger charge is 2.09. The van der Waals surface area contributed by atoms with Crippen LogP contribution >= 0.6 is 24.0 Å². The fraction of sp³-hybridized carbons (Fsp3) is 0.412. The lowest BCUT2D eigenvalue weighted by molar-refractivity contribution is 0.728. The lowest BCUT2D eigenvalue weighted by Gasteiger charge is -2.12. The summed E-state index contributed by atoms with van der Waals surface area (Å²) in [6.07, 6.45) is 0. The Hall–Kier alpha value is -1.57. The summed E-state index contributed by atoms with van der Waals surface area (Å²) >= 11 is 0. The van der Waals surface area contributed by atoms with Crippen LogP contribution in [-0.2, 0) is 20.1 Å². The van der Waals surface area contributed by atoms with E-state index >= 15 is 0 Å². The van der Waals surface area contributed by atoms with E-state index in [2.05, 4.69) is 58.8 Å². The molecule has 2 N–H and O–H groups in total. The fourth-order valence-corrected chi connectivity index (χ4v) is 2.36. The maximum atomic E-state index is 4.43. The summed E-state index contributed by atoms with van der Waals surface area (Å²) in [6, 6.07) is 8.50. The number of benzene rings is 1. The van der Waals surface area contributed by atoms with Crippen LogP contribution in [0.25, 0.3) is 0 Å². The fourth-order valence-electron chi connectivity index (χ4n) is 2.36. The summed E-state index contributed by atoms with van der Waals surface area (Å²) in [6.45, 7) is 7.69. The first-order chi connectivity index (χ1) is 10.5. The van der Waals surface area contributed by atoms with Crippen LogP contribution in [0.3, 0.4) is 0 Å². The summed E-state index contributed by atoms with van der Waals surface area (Å²) in [7, 11) is 3.75. The van der Waals surface area contributed by atoms with E-state index in [1.165, 1.54) is 22.4 Å². The number of hydrogen-bond donors (Lipinski definition) is 2. The van der Waals surface area contributed by atoms with E-state index in [1.54, 1.807) is 7.05 Å². The van der Waals surface area contributed by atoms with Crippen LogP contribution in [0.2, 0.25) is 0 Å². The third-order valence-corrected chi connectivity index (χ3v) is 3.90. The predicted molar refractivity (Wildman–Crippen MR) is 106 cm³/mol. The first-order valence-corrected chi connectivity index (χ1v) is 7.50. The monoisotopic (exact) mass is 427 g/mol. The Morgan fingerprint density at radius 2 is 1.70 bits per heavy atom. The molecule has 0 aliphatic carbocycles. The summed E-state index contributed by atoms with van der Waals surface area (Å²) in [4.78, 5) is 4.27. The largest absolute Gasteiger partial charge is 0.352 e. The zero-order valence-corrected chi connectivity index (χ0v) is 16.8. The number of guanidine groups is 1. The van der Waals surface area contributed by atoms with Crippen molar-refractivity contribution >= 4 is 29.9 Å². The SMILES string of the molecule is CN=C(NCc1ccc(C)cc1)NCc1c(C)nn(C)c1C.I. The van der Waals surface area contributed by atoms with Crippen LogP contribution in [0.4, 0.5) is 0 Å². The molecule has 23 heavy (non-hydrogen) atoms. The van der Waals surface area contributed by atoms with Gasteiger partial charge in [0.15, 0.2) is 5.96 Å². The van der Waals surface area contributed by atoms with Crippen LogP contribution in [0.15, 0.2) is 29.3 Å². The second-order valence-electron chi connectivity index (χ2n) is 5.54. The Bertz CT molecular complexity index is 658. The van der Waals surface area contributed by atoms with Gasteiger partial charge in [-0.05, 0) is 26.3 Å². The number of aromatic nitrogens is 2. The van der Waals surface area contributed by atoms with Gasteiger partial charge in [0, 0.05) is 38.4 Å². The van der Waals surface area contributed by atoms with Crippen LogP contribution in [0.5, 0.6) is 0 Å². The first kappa shape index (κ1) is 19.5. The third-order valence-electron chi connectivity index (χ3n) is 3.90. The summed E-state index contributed by atoms with van der Waals surface area (Å²) in [5.41, 5.74) is 5.97. The van der Waals surface area contributed by atoms with E-state index < -0.39 is 0 Å². The molecule has 1 aromatic heterocycles. The second-order valence-corrected chi connectivity index (χ2v) is 5.54. The maximum absolute atomic E-state index is 4.43. The number of nitrogens with one attached hydrogen (secondary N) is 2. The molecule has 0 saturated carbocycles. The summed E-state index contributed by atoms with van der Waals surface area (Å²) in [5, 5.41) is 11.1. The number of hydrogen-bond acceptors (Lipinski definition) is 2. The van der Waals surface area contributed by atoms with Crippen molar-refractivity contribution in [3.8, 4) is 0 Å². The van der Waals surface area contributed by atoms with Crippen LogP contribution in [0.1, 0.15) is 28.1 Å². The average Bonchev–Trinajstić information content (AvgIpc) is 2.75. The van der Waals surface area contributed by atoms with Crippen molar-refractivity contribution in [3.05, 3.63) is 52.3 Å². The Kier molecular flexibility index (Phi) is 7.54. The van der Waals surface area contributed by atoms with Gasteiger partial charge >= 0.3 is 0 Å². The van der Waals surface area contributed by atoms with E-state index in [1.807, 2.05) is 18.7 Å². The second kappa shape index (κ2) is 8.90. The van der Waals surface area contributed by atoms with Gasteiger partial charge in [-0.25, -0.2) is 0 Å². The first-order valence-electron chi connectivity index (χ1n) is 7.50. The van der Waals surface area contributed by atoms with E-state index in [4.69, 9.17) is 0 Å². The molecule has 0 spiro atoms. The van der Waals surface area contributed by atoms with Crippen molar-refractivity contribution in [2.75, 3.05) is 7.05 Å². The van der Waals surface area contributed by atoms with Gasteiger partial charge in [-0.2, -0.15) is 5.10 Å². The summed E-state index contributed by atoms with van der Waals surface area (Å²) in [5.74, 6) is 0.795. The highest BCUT2D eigenvalue weighted by atomic mass is 127. The molecule has 0 atom stereocenters. The van der Waals surface area contributed by atoms with Gasteiger partial charge in [0.1, 0.15) is 0 Å². The van der Waals surface area contributed by atoms with E-state index in [9.17, 15) is 0 Å². The predicted octanol–water partition coefficient (Wildman–Crippen LogP) is 2.83. The van der Waals surface area contributed by atoms with Gasteiger partial charge in [0.25, 0.3) is 0 Å². The number of nitrogens with zero attached hydrogens (tertiary/aromatic N) is 3. The number of halogens is 1. The molecule has 0 fully saturated rings. The number of aliphatic imine (C=N–C) groups is 1. The topological polar surface area (TPSA) is 54.2 Å². The van der Waals surface area contributed by atoms with Crippen molar-refractivity contribution in [2.24, 2.45) is 12.0 Å². The smallest absolute Gasteiger partial charge is 0.191 e. The highest BCUT2D eigenvalue weighted by Crippen LogP contribution is 2.11. The van der Waals surface area contributed by atoms with Crippen LogP contribution in [0, 0.1) is 20.8 Å². The third kappa shape index (κ3) is 5.23. The maximum Gasteiger partial charge on any atom is 0.191 e. The van der Waals surface area contributed by atoms with E-state index in [0.29, 0.717) is 0 Å². The molecule has 1 heterocycles. The quantitative estimate of drug-likeness (QED) is 0.448. The van der Waals surface area contributed by atoms with Gasteiger partial charge in [-0.15, -0.1) is 24.0 Å². The number of rotatable bonds is 4. The molecule has 0 aliphatic rings. The molecule has 2 rings (SSSR count). The Morgan fingerprint density at radius 3 is 2.22 bits per heavy atom. The molecule has 0 saturated heterocycles. The average molecular weight is 427 g/mol. The van der Waals surface area contributed by atoms with Crippen molar-refractivity contribution < 1.29 is 0 Å². The molecule has 0 unspecified atom stereocenters. The zero-order valence-electron chi connectivity index (χ0n) is 14.5. The Labute approximate surface area is 155 Å². The van der Waals surface area contributed by atoms with E-state index in [0.717, 1.165) is 24.7 Å². The zero-order chi connectivity index (χ0) is 16.1. The summed E-state index contributed by atoms with van der Waals surface area (Å²) < 4.78 is 1.91. The Morgan fingerprint density at radius 1 is 1.09 bits per heavy atom. The molecular weight excluding hydrogens is 401 g/mol. The van der Waals surface area contributed by atoms with Crippen LogP contribution in [-0.4, -0.2) is 22.8 Å². The normalized spacial score (nSPS) is 11.1. The molecule has 0 aliphatic heterocycles. The van der Waals surface area contributed by atoms with Gasteiger partial charge < -0.3 is 10.6 Å². The highest BCUT2D eigenvalue weighted by molar-refractivity contribution is 14.0. The minimum Gasteiger partial charge on any atom is -0.352 e. The molecule has 0 amide bonds. The number of aryl methyl sites for hydroxylation is 3.